The van der Waals surface area contributed by atoms with Crippen LogP contribution in [0.5, 0.6) is 0 Å². The SMILES string of the molecule is O=C(NC1CCCC1CBr)C1CCCc2sccc21. The number of rotatable bonds is 3. The Morgan fingerprint density at radius 3 is 3.11 bits per heavy atom. The summed E-state index contributed by atoms with van der Waals surface area (Å²) in [6.07, 6.45) is 6.95. The number of thiophene rings is 1. The Morgan fingerprint density at radius 2 is 2.26 bits per heavy atom. The number of hydrogen-bond acceptors (Lipinski definition) is 2. The molecule has 0 aliphatic heterocycles. The minimum Gasteiger partial charge on any atom is -0.353 e. The molecule has 0 bridgehead atoms. The second-order valence-corrected chi connectivity index (χ2v) is 7.35. The zero-order valence-electron chi connectivity index (χ0n) is 11.0. The van der Waals surface area contributed by atoms with Crippen molar-refractivity contribution in [2.75, 3.05) is 5.33 Å². The second kappa shape index (κ2) is 5.96. The van der Waals surface area contributed by atoms with Crippen LogP contribution in [0.15, 0.2) is 11.4 Å². The van der Waals surface area contributed by atoms with E-state index in [1.54, 1.807) is 11.3 Å². The minimum atomic E-state index is 0.103. The molecule has 2 aliphatic rings. The van der Waals surface area contributed by atoms with Gasteiger partial charge in [-0.05, 0) is 55.0 Å². The lowest BCUT2D eigenvalue weighted by Crippen LogP contribution is -2.41. The number of carbonyl (C=O) groups is 1. The molecule has 0 radical (unpaired) electrons. The van der Waals surface area contributed by atoms with Gasteiger partial charge in [-0.25, -0.2) is 0 Å². The van der Waals surface area contributed by atoms with E-state index < -0.39 is 0 Å². The first-order valence-electron chi connectivity index (χ1n) is 7.22. The highest BCUT2D eigenvalue weighted by atomic mass is 79.9. The fourth-order valence-electron chi connectivity index (χ4n) is 3.45. The molecule has 2 aliphatic carbocycles. The molecule has 1 fully saturated rings. The monoisotopic (exact) mass is 341 g/mol. The summed E-state index contributed by atoms with van der Waals surface area (Å²) < 4.78 is 0. The molecule has 1 N–H and O–H groups in total. The molecule has 2 nitrogen and oxygen atoms in total. The number of nitrogens with one attached hydrogen (secondary N) is 1. The summed E-state index contributed by atoms with van der Waals surface area (Å²) >= 11 is 5.38. The average molecular weight is 342 g/mol. The van der Waals surface area contributed by atoms with Gasteiger partial charge >= 0.3 is 0 Å². The number of fused-ring (bicyclic) bond motifs is 1. The highest BCUT2D eigenvalue weighted by Gasteiger charge is 2.32. The van der Waals surface area contributed by atoms with Gasteiger partial charge in [0.25, 0.3) is 0 Å². The number of aryl methyl sites for hydroxylation is 1. The van der Waals surface area contributed by atoms with E-state index in [0.29, 0.717) is 12.0 Å². The van der Waals surface area contributed by atoms with Crippen molar-refractivity contribution in [2.45, 2.75) is 50.5 Å². The molecule has 0 spiro atoms. The van der Waals surface area contributed by atoms with Gasteiger partial charge in [-0.2, -0.15) is 0 Å². The van der Waals surface area contributed by atoms with Crippen LogP contribution >= 0.6 is 27.3 Å². The quantitative estimate of drug-likeness (QED) is 0.831. The van der Waals surface area contributed by atoms with Crippen LogP contribution < -0.4 is 5.32 Å². The number of amides is 1. The Labute approximate surface area is 127 Å². The van der Waals surface area contributed by atoms with Crippen molar-refractivity contribution in [3.63, 3.8) is 0 Å². The molecule has 1 aromatic heterocycles. The molecule has 1 heterocycles. The van der Waals surface area contributed by atoms with Crippen LogP contribution in [0.4, 0.5) is 0 Å². The first-order chi connectivity index (χ1) is 9.29. The zero-order chi connectivity index (χ0) is 13.2. The lowest BCUT2D eigenvalue weighted by atomic mass is 9.87. The van der Waals surface area contributed by atoms with E-state index in [1.807, 2.05) is 0 Å². The number of halogens is 1. The van der Waals surface area contributed by atoms with Crippen LogP contribution in [0.2, 0.25) is 0 Å². The largest absolute Gasteiger partial charge is 0.353 e. The van der Waals surface area contributed by atoms with Crippen LogP contribution in [0, 0.1) is 5.92 Å². The van der Waals surface area contributed by atoms with Gasteiger partial charge in [0.05, 0.1) is 5.92 Å². The lowest BCUT2D eigenvalue weighted by Gasteiger charge is -2.26. The van der Waals surface area contributed by atoms with Gasteiger partial charge in [0.15, 0.2) is 0 Å². The van der Waals surface area contributed by atoms with Crippen LogP contribution in [0.25, 0.3) is 0 Å². The van der Waals surface area contributed by atoms with Crippen LogP contribution in [0.1, 0.15) is 48.5 Å². The third-order valence-electron chi connectivity index (χ3n) is 4.55. The molecule has 3 atom stereocenters. The Hall–Kier alpha value is -0.350. The maximum Gasteiger partial charge on any atom is 0.227 e. The summed E-state index contributed by atoms with van der Waals surface area (Å²) in [6, 6.07) is 2.54. The van der Waals surface area contributed by atoms with E-state index >= 15 is 0 Å². The summed E-state index contributed by atoms with van der Waals surface area (Å²) in [5, 5.41) is 6.45. The molecular weight excluding hydrogens is 322 g/mol. The van der Waals surface area contributed by atoms with E-state index in [0.717, 1.165) is 31.0 Å². The minimum absolute atomic E-state index is 0.103. The number of alkyl halides is 1. The molecule has 104 valence electrons. The lowest BCUT2D eigenvalue weighted by molar-refractivity contribution is -0.123. The van der Waals surface area contributed by atoms with Crippen molar-refractivity contribution in [1.82, 2.24) is 5.32 Å². The highest BCUT2D eigenvalue weighted by Crippen LogP contribution is 2.36. The van der Waals surface area contributed by atoms with E-state index in [9.17, 15) is 4.79 Å². The topological polar surface area (TPSA) is 29.1 Å². The maximum atomic E-state index is 12.6. The molecule has 0 saturated heterocycles. The van der Waals surface area contributed by atoms with Gasteiger partial charge in [0.1, 0.15) is 0 Å². The van der Waals surface area contributed by atoms with E-state index in [2.05, 4.69) is 32.7 Å². The van der Waals surface area contributed by atoms with Crippen molar-refractivity contribution >= 4 is 33.2 Å². The standard InChI is InChI=1S/C15H20BrNOS/c16-9-10-3-1-5-13(10)17-15(18)12-4-2-6-14-11(12)7-8-19-14/h7-8,10,12-13H,1-6,9H2,(H,17,18). The summed E-state index contributed by atoms with van der Waals surface area (Å²) in [5.74, 6) is 0.985. The molecule has 1 aromatic rings. The van der Waals surface area contributed by atoms with Crippen molar-refractivity contribution in [1.29, 1.82) is 0 Å². The third-order valence-corrected chi connectivity index (χ3v) is 6.38. The molecule has 4 heteroatoms. The second-order valence-electron chi connectivity index (χ2n) is 5.70. The predicted octanol–water partition coefficient (Wildman–Crippen LogP) is 3.85. The summed E-state index contributed by atoms with van der Waals surface area (Å²) in [7, 11) is 0. The predicted molar refractivity (Wildman–Crippen MR) is 83.1 cm³/mol. The van der Waals surface area contributed by atoms with Crippen LogP contribution in [-0.4, -0.2) is 17.3 Å². The van der Waals surface area contributed by atoms with E-state index in [-0.39, 0.29) is 11.8 Å². The van der Waals surface area contributed by atoms with Crippen molar-refractivity contribution in [3.05, 3.63) is 21.9 Å². The van der Waals surface area contributed by atoms with Gasteiger partial charge in [-0.3, -0.25) is 4.79 Å². The molecule has 19 heavy (non-hydrogen) atoms. The zero-order valence-corrected chi connectivity index (χ0v) is 13.4. The van der Waals surface area contributed by atoms with Crippen LogP contribution in [-0.2, 0) is 11.2 Å². The van der Waals surface area contributed by atoms with Crippen LogP contribution in [0.3, 0.4) is 0 Å². The number of carbonyl (C=O) groups excluding carboxylic acids is 1. The van der Waals surface area contributed by atoms with Gasteiger partial charge < -0.3 is 5.32 Å². The first kappa shape index (κ1) is 13.6. The Kier molecular flexibility index (Phi) is 4.27. The summed E-state index contributed by atoms with van der Waals surface area (Å²) in [6.45, 7) is 0. The fraction of sp³-hybridized carbons (Fsp3) is 0.667. The average Bonchev–Trinajstić information content (AvgIpc) is 3.05. The molecule has 1 amide bonds. The maximum absolute atomic E-state index is 12.6. The van der Waals surface area contributed by atoms with Gasteiger partial charge in [-0.15, -0.1) is 11.3 Å². The number of hydrogen-bond donors (Lipinski definition) is 1. The van der Waals surface area contributed by atoms with Gasteiger partial charge in [0.2, 0.25) is 5.91 Å². The fourth-order valence-corrected chi connectivity index (χ4v) is 5.22. The molecular formula is C15H20BrNOS. The van der Waals surface area contributed by atoms with Crippen molar-refractivity contribution in [3.8, 4) is 0 Å². The molecule has 3 rings (SSSR count). The Bertz CT molecular complexity index is 459. The molecule has 3 unspecified atom stereocenters. The summed E-state index contributed by atoms with van der Waals surface area (Å²) in [5.41, 5.74) is 1.29. The first-order valence-corrected chi connectivity index (χ1v) is 9.22. The van der Waals surface area contributed by atoms with E-state index in [4.69, 9.17) is 0 Å². The smallest absolute Gasteiger partial charge is 0.227 e. The van der Waals surface area contributed by atoms with Crippen molar-refractivity contribution < 1.29 is 4.79 Å². The Morgan fingerprint density at radius 1 is 1.37 bits per heavy atom. The normalized spacial score (nSPS) is 30.1. The van der Waals surface area contributed by atoms with E-state index in [1.165, 1.54) is 23.3 Å². The highest BCUT2D eigenvalue weighted by molar-refractivity contribution is 9.09. The van der Waals surface area contributed by atoms with Gasteiger partial charge in [-0.1, -0.05) is 22.4 Å². The summed E-state index contributed by atoms with van der Waals surface area (Å²) in [4.78, 5) is 14.0. The molecule has 1 saturated carbocycles. The molecule has 0 aromatic carbocycles. The Balaban J connectivity index is 1.69. The third kappa shape index (κ3) is 2.75. The van der Waals surface area contributed by atoms with Crippen molar-refractivity contribution in [2.24, 2.45) is 5.92 Å². The van der Waals surface area contributed by atoms with Gasteiger partial charge in [0, 0.05) is 16.2 Å².